The minimum Gasteiger partial charge on any atom is -0.315 e. The fourth-order valence-electron chi connectivity index (χ4n) is 2.93. The van der Waals surface area contributed by atoms with Gasteiger partial charge in [0.2, 0.25) is 0 Å². The molecule has 0 saturated carbocycles. The molecule has 1 unspecified atom stereocenters. The zero-order valence-electron chi connectivity index (χ0n) is 12.4. The van der Waals surface area contributed by atoms with Crippen molar-refractivity contribution in [3.05, 3.63) is 41.7 Å². The van der Waals surface area contributed by atoms with Crippen LogP contribution in [0.2, 0.25) is 0 Å². The Morgan fingerprint density at radius 1 is 1.30 bits per heavy atom. The van der Waals surface area contributed by atoms with Gasteiger partial charge < -0.3 is 5.32 Å². The predicted molar refractivity (Wildman–Crippen MR) is 82.9 cm³/mol. The molecule has 0 radical (unpaired) electrons. The number of aryl methyl sites for hydroxylation is 2. The summed E-state index contributed by atoms with van der Waals surface area (Å²) in [5.74, 6) is 0. The van der Waals surface area contributed by atoms with E-state index in [2.05, 4.69) is 54.3 Å². The second-order valence-corrected chi connectivity index (χ2v) is 5.66. The second-order valence-electron chi connectivity index (χ2n) is 5.66. The van der Waals surface area contributed by atoms with E-state index in [1.54, 1.807) is 0 Å². The fourth-order valence-corrected chi connectivity index (χ4v) is 2.93. The third-order valence-electron chi connectivity index (χ3n) is 4.23. The van der Waals surface area contributed by atoms with Gasteiger partial charge in [-0.05, 0) is 43.9 Å². The number of nitrogens with zero attached hydrogens (tertiary/aromatic N) is 2. The second kappa shape index (κ2) is 5.80. The molecule has 106 valence electrons. The van der Waals surface area contributed by atoms with Crippen LogP contribution in [0.25, 0.3) is 11.1 Å². The predicted octanol–water partition coefficient (Wildman–Crippen LogP) is 3.35. The molecule has 1 aromatic heterocycles. The first-order valence-corrected chi connectivity index (χ1v) is 7.63. The van der Waals surface area contributed by atoms with Crippen LogP contribution in [0.3, 0.4) is 0 Å². The summed E-state index contributed by atoms with van der Waals surface area (Å²) in [6, 6.07) is 9.37. The van der Waals surface area contributed by atoms with Crippen LogP contribution in [-0.2, 0) is 6.42 Å². The SMILES string of the molecule is CCc1ccc(-c2cn(C3CCCNC3)nc2C)cc1. The molecule has 1 saturated heterocycles. The van der Waals surface area contributed by atoms with Crippen LogP contribution in [0.1, 0.15) is 37.1 Å². The van der Waals surface area contributed by atoms with Gasteiger partial charge in [0.1, 0.15) is 0 Å². The van der Waals surface area contributed by atoms with E-state index < -0.39 is 0 Å². The summed E-state index contributed by atoms with van der Waals surface area (Å²) in [5, 5.41) is 8.19. The van der Waals surface area contributed by atoms with Gasteiger partial charge in [0, 0.05) is 18.3 Å². The van der Waals surface area contributed by atoms with Gasteiger partial charge in [-0.3, -0.25) is 4.68 Å². The van der Waals surface area contributed by atoms with Crippen molar-refractivity contribution in [1.29, 1.82) is 0 Å². The van der Waals surface area contributed by atoms with Crippen LogP contribution in [0.4, 0.5) is 0 Å². The number of hydrogen-bond acceptors (Lipinski definition) is 2. The highest BCUT2D eigenvalue weighted by Crippen LogP contribution is 2.26. The molecule has 2 aromatic rings. The maximum atomic E-state index is 4.73. The van der Waals surface area contributed by atoms with Crippen LogP contribution >= 0.6 is 0 Å². The van der Waals surface area contributed by atoms with Crippen LogP contribution in [-0.4, -0.2) is 22.9 Å². The van der Waals surface area contributed by atoms with Gasteiger partial charge in [-0.2, -0.15) is 5.10 Å². The lowest BCUT2D eigenvalue weighted by Gasteiger charge is -2.22. The van der Waals surface area contributed by atoms with E-state index in [0.717, 1.165) is 25.2 Å². The molecule has 3 heteroatoms. The average Bonchev–Trinajstić information content (AvgIpc) is 2.90. The molecule has 20 heavy (non-hydrogen) atoms. The van der Waals surface area contributed by atoms with Crippen LogP contribution < -0.4 is 5.32 Å². The Kier molecular flexibility index (Phi) is 3.88. The van der Waals surface area contributed by atoms with Gasteiger partial charge in [0.15, 0.2) is 0 Å². The molecular formula is C17H23N3. The van der Waals surface area contributed by atoms with Crippen molar-refractivity contribution in [1.82, 2.24) is 15.1 Å². The number of nitrogens with one attached hydrogen (secondary N) is 1. The summed E-state index contributed by atoms with van der Waals surface area (Å²) < 4.78 is 2.16. The topological polar surface area (TPSA) is 29.9 Å². The molecule has 2 heterocycles. The highest BCUT2D eigenvalue weighted by molar-refractivity contribution is 5.65. The number of piperidine rings is 1. The van der Waals surface area contributed by atoms with Crippen molar-refractivity contribution < 1.29 is 0 Å². The van der Waals surface area contributed by atoms with Gasteiger partial charge in [0.05, 0.1) is 11.7 Å². The molecule has 1 N–H and O–H groups in total. The number of hydrogen-bond donors (Lipinski definition) is 1. The number of benzene rings is 1. The quantitative estimate of drug-likeness (QED) is 0.926. The molecular weight excluding hydrogens is 246 g/mol. The lowest BCUT2D eigenvalue weighted by molar-refractivity contribution is 0.346. The van der Waals surface area contributed by atoms with E-state index in [0.29, 0.717) is 6.04 Å². The van der Waals surface area contributed by atoms with E-state index in [9.17, 15) is 0 Å². The molecule has 0 amide bonds. The molecule has 0 bridgehead atoms. The lowest BCUT2D eigenvalue weighted by atomic mass is 10.0. The van der Waals surface area contributed by atoms with Crippen molar-refractivity contribution in [2.24, 2.45) is 0 Å². The third-order valence-corrected chi connectivity index (χ3v) is 4.23. The summed E-state index contributed by atoms with van der Waals surface area (Å²) >= 11 is 0. The molecule has 1 atom stereocenters. The highest BCUT2D eigenvalue weighted by atomic mass is 15.3. The van der Waals surface area contributed by atoms with Crippen LogP contribution in [0.5, 0.6) is 0 Å². The Morgan fingerprint density at radius 3 is 2.75 bits per heavy atom. The molecule has 3 rings (SSSR count). The highest BCUT2D eigenvalue weighted by Gasteiger charge is 2.17. The van der Waals surface area contributed by atoms with Crippen molar-refractivity contribution in [3.8, 4) is 11.1 Å². The van der Waals surface area contributed by atoms with Crippen molar-refractivity contribution >= 4 is 0 Å². The minimum atomic E-state index is 0.506. The Labute approximate surface area is 121 Å². The molecule has 1 fully saturated rings. The van der Waals surface area contributed by atoms with Gasteiger partial charge in [-0.25, -0.2) is 0 Å². The molecule has 1 aromatic carbocycles. The summed E-state index contributed by atoms with van der Waals surface area (Å²) in [7, 11) is 0. The van der Waals surface area contributed by atoms with Gasteiger partial charge in [-0.1, -0.05) is 31.2 Å². The molecule has 0 aliphatic carbocycles. The van der Waals surface area contributed by atoms with E-state index in [4.69, 9.17) is 5.10 Å². The first-order valence-electron chi connectivity index (χ1n) is 7.63. The maximum Gasteiger partial charge on any atom is 0.0672 e. The summed E-state index contributed by atoms with van der Waals surface area (Å²) in [4.78, 5) is 0. The summed E-state index contributed by atoms with van der Waals surface area (Å²) in [6.45, 7) is 6.47. The first kappa shape index (κ1) is 13.4. The minimum absolute atomic E-state index is 0.506. The average molecular weight is 269 g/mol. The first-order chi connectivity index (χ1) is 9.78. The number of rotatable bonds is 3. The van der Waals surface area contributed by atoms with Crippen molar-refractivity contribution in [2.45, 2.75) is 39.2 Å². The zero-order valence-corrected chi connectivity index (χ0v) is 12.4. The Balaban J connectivity index is 1.87. The third kappa shape index (κ3) is 2.63. The van der Waals surface area contributed by atoms with Gasteiger partial charge in [-0.15, -0.1) is 0 Å². The van der Waals surface area contributed by atoms with Crippen molar-refractivity contribution in [2.75, 3.05) is 13.1 Å². The summed E-state index contributed by atoms with van der Waals surface area (Å²) in [6.07, 6.45) is 5.77. The maximum absolute atomic E-state index is 4.73. The van der Waals surface area contributed by atoms with Gasteiger partial charge in [0.25, 0.3) is 0 Å². The van der Waals surface area contributed by atoms with Crippen LogP contribution in [0.15, 0.2) is 30.5 Å². The van der Waals surface area contributed by atoms with E-state index in [-0.39, 0.29) is 0 Å². The molecule has 1 aliphatic rings. The Morgan fingerprint density at radius 2 is 2.10 bits per heavy atom. The standard InChI is InChI=1S/C17H23N3/c1-3-14-6-8-15(9-7-14)17-12-20(19-13(17)2)16-5-4-10-18-11-16/h6-9,12,16,18H,3-5,10-11H2,1-2H3. The lowest BCUT2D eigenvalue weighted by Crippen LogP contribution is -2.31. The van der Waals surface area contributed by atoms with E-state index >= 15 is 0 Å². The Bertz CT molecular complexity index is 562. The fraction of sp³-hybridized carbons (Fsp3) is 0.471. The van der Waals surface area contributed by atoms with E-state index in [1.807, 2.05) is 0 Å². The molecule has 1 aliphatic heterocycles. The normalized spacial score (nSPS) is 19.2. The van der Waals surface area contributed by atoms with Crippen molar-refractivity contribution in [3.63, 3.8) is 0 Å². The Hall–Kier alpha value is -1.61. The zero-order chi connectivity index (χ0) is 13.9. The monoisotopic (exact) mass is 269 g/mol. The van der Waals surface area contributed by atoms with Gasteiger partial charge >= 0.3 is 0 Å². The summed E-state index contributed by atoms with van der Waals surface area (Å²) in [5.41, 5.74) is 5.04. The number of aromatic nitrogens is 2. The van der Waals surface area contributed by atoms with Crippen LogP contribution in [0, 0.1) is 6.92 Å². The molecule has 0 spiro atoms. The largest absolute Gasteiger partial charge is 0.315 e. The smallest absolute Gasteiger partial charge is 0.0672 e. The van der Waals surface area contributed by atoms with E-state index in [1.165, 1.54) is 29.5 Å². The molecule has 3 nitrogen and oxygen atoms in total.